The zero-order valence-corrected chi connectivity index (χ0v) is 18.5. The smallest absolute Gasteiger partial charge is 0.225 e. The molecule has 0 atom stereocenters. The Balaban J connectivity index is 1.17. The molecule has 5 rings (SSSR count). The minimum atomic E-state index is 0.131. The first kappa shape index (κ1) is 20.7. The van der Waals surface area contributed by atoms with Crippen LogP contribution < -0.4 is 10.2 Å². The molecule has 7 heteroatoms. The summed E-state index contributed by atoms with van der Waals surface area (Å²) in [5.41, 5.74) is 4.09. The molecule has 0 spiro atoms. The van der Waals surface area contributed by atoms with Crippen molar-refractivity contribution in [3.05, 3.63) is 59.5 Å². The number of benzene rings is 1. The van der Waals surface area contributed by atoms with Crippen LogP contribution >= 0.6 is 0 Å². The Hall–Kier alpha value is -3.22. The van der Waals surface area contributed by atoms with E-state index in [2.05, 4.69) is 32.5 Å². The van der Waals surface area contributed by atoms with E-state index < -0.39 is 0 Å². The van der Waals surface area contributed by atoms with Crippen LogP contribution in [0.4, 0.5) is 5.95 Å². The quantitative estimate of drug-likeness (QED) is 0.608. The molecular weight excluding hydrogens is 402 g/mol. The summed E-state index contributed by atoms with van der Waals surface area (Å²) in [5.74, 6) is 2.14. The van der Waals surface area contributed by atoms with Crippen LogP contribution in [-0.2, 0) is 11.2 Å². The molecule has 0 bridgehead atoms. The fourth-order valence-electron chi connectivity index (χ4n) is 4.31. The van der Waals surface area contributed by atoms with Gasteiger partial charge in [-0.25, -0.2) is 9.97 Å². The van der Waals surface area contributed by atoms with Crippen LogP contribution in [0.15, 0.2) is 47.1 Å². The number of rotatable bonds is 7. The molecule has 0 unspecified atom stereocenters. The highest BCUT2D eigenvalue weighted by Crippen LogP contribution is 2.43. The lowest BCUT2D eigenvalue weighted by molar-refractivity contribution is -0.121. The van der Waals surface area contributed by atoms with Crippen molar-refractivity contribution in [1.82, 2.24) is 20.4 Å². The molecule has 3 aromatic rings. The normalized spacial score (nSPS) is 16.8. The largest absolute Gasteiger partial charge is 0.356 e. The molecule has 2 fully saturated rings. The maximum Gasteiger partial charge on any atom is 0.225 e. The molecule has 32 heavy (non-hydrogen) atoms. The summed E-state index contributed by atoms with van der Waals surface area (Å²) in [6, 6.07) is 12.3. The van der Waals surface area contributed by atoms with Gasteiger partial charge in [0.2, 0.25) is 11.9 Å². The molecule has 1 aliphatic heterocycles. The third kappa shape index (κ3) is 4.82. The summed E-state index contributed by atoms with van der Waals surface area (Å²) < 4.78 is 5.47. The third-order valence-electron chi connectivity index (χ3n) is 6.29. The minimum absolute atomic E-state index is 0.131. The molecule has 1 saturated heterocycles. The topological polar surface area (TPSA) is 84.2 Å². The molecule has 1 amide bonds. The second-order valence-electron chi connectivity index (χ2n) is 8.89. The first-order valence-corrected chi connectivity index (χ1v) is 11.5. The average molecular weight is 432 g/mol. The second kappa shape index (κ2) is 9.10. The molecule has 1 aliphatic carbocycles. The van der Waals surface area contributed by atoms with E-state index in [-0.39, 0.29) is 11.9 Å². The fraction of sp³-hybridized carbons (Fsp3) is 0.440. The lowest BCUT2D eigenvalue weighted by Crippen LogP contribution is -2.45. The molecule has 7 nitrogen and oxygen atoms in total. The highest BCUT2D eigenvalue weighted by Gasteiger charge is 2.31. The van der Waals surface area contributed by atoms with Crippen LogP contribution in [0.5, 0.6) is 0 Å². The number of hydrogen-bond acceptors (Lipinski definition) is 6. The number of amides is 1. The number of nitrogens with zero attached hydrogens (tertiary/aromatic N) is 4. The Morgan fingerprint density at radius 1 is 1.16 bits per heavy atom. The van der Waals surface area contributed by atoms with Gasteiger partial charge in [0.1, 0.15) is 0 Å². The molecular formula is C25H29N5O2. The molecule has 0 radical (unpaired) electrons. The van der Waals surface area contributed by atoms with Gasteiger partial charge in [-0.15, -0.1) is 0 Å². The fourth-order valence-corrected chi connectivity index (χ4v) is 4.31. The van der Waals surface area contributed by atoms with Crippen LogP contribution in [-0.4, -0.2) is 40.2 Å². The third-order valence-corrected chi connectivity index (χ3v) is 6.29. The summed E-state index contributed by atoms with van der Waals surface area (Å²) in [4.78, 5) is 24.2. The number of hydrogen-bond donors (Lipinski definition) is 1. The van der Waals surface area contributed by atoms with Crippen molar-refractivity contribution in [1.29, 1.82) is 0 Å². The number of piperidine rings is 1. The molecule has 1 N–H and O–H groups in total. The Kier molecular flexibility index (Phi) is 5.88. The summed E-state index contributed by atoms with van der Waals surface area (Å²) >= 11 is 0. The molecule has 1 aromatic carbocycles. The Labute approximate surface area is 188 Å². The van der Waals surface area contributed by atoms with Gasteiger partial charge in [-0.3, -0.25) is 4.79 Å². The van der Waals surface area contributed by atoms with E-state index in [1.54, 1.807) is 0 Å². The zero-order chi connectivity index (χ0) is 21.9. The van der Waals surface area contributed by atoms with Crippen LogP contribution in [0.2, 0.25) is 0 Å². The van der Waals surface area contributed by atoms with Gasteiger partial charge in [-0.1, -0.05) is 35.5 Å². The van der Waals surface area contributed by atoms with Crippen LogP contribution in [0, 0.1) is 6.92 Å². The summed E-state index contributed by atoms with van der Waals surface area (Å²) in [6.45, 7) is 3.60. The Morgan fingerprint density at radius 2 is 1.94 bits per heavy atom. The van der Waals surface area contributed by atoms with Crippen molar-refractivity contribution < 1.29 is 9.32 Å². The van der Waals surface area contributed by atoms with Gasteiger partial charge >= 0.3 is 0 Å². The van der Waals surface area contributed by atoms with Crippen LogP contribution in [0.1, 0.15) is 55.0 Å². The van der Waals surface area contributed by atoms with Crippen LogP contribution in [0.25, 0.3) is 11.3 Å². The molecule has 3 heterocycles. The van der Waals surface area contributed by atoms with E-state index in [4.69, 9.17) is 9.51 Å². The Morgan fingerprint density at radius 3 is 2.62 bits per heavy atom. The number of aromatic nitrogens is 3. The summed E-state index contributed by atoms with van der Waals surface area (Å²) in [7, 11) is 0. The SMILES string of the molecule is Cc1cc(-c2cnc(N3CCC(NC(=O)CCc4ccccc4)CC3)nc2C2CC2)on1. The van der Waals surface area contributed by atoms with Gasteiger partial charge in [0.05, 0.1) is 17.0 Å². The second-order valence-corrected chi connectivity index (χ2v) is 8.89. The predicted molar refractivity (Wildman–Crippen MR) is 122 cm³/mol. The van der Waals surface area contributed by atoms with E-state index in [1.165, 1.54) is 5.56 Å². The van der Waals surface area contributed by atoms with Gasteiger partial charge in [-0.2, -0.15) is 0 Å². The maximum atomic E-state index is 12.4. The molecule has 2 aromatic heterocycles. The first-order chi connectivity index (χ1) is 15.7. The monoisotopic (exact) mass is 431 g/mol. The Bertz CT molecular complexity index is 1070. The van der Waals surface area contributed by atoms with Gasteiger partial charge in [0, 0.05) is 43.7 Å². The van der Waals surface area contributed by atoms with Crippen molar-refractivity contribution in [2.75, 3.05) is 18.0 Å². The predicted octanol–water partition coefficient (Wildman–Crippen LogP) is 4.04. The van der Waals surface area contributed by atoms with Gasteiger partial charge in [0.25, 0.3) is 0 Å². The van der Waals surface area contributed by atoms with Crippen molar-refractivity contribution >= 4 is 11.9 Å². The number of aryl methyl sites for hydroxylation is 2. The highest BCUT2D eigenvalue weighted by molar-refractivity contribution is 5.76. The number of carbonyl (C=O) groups is 1. The average Bonchev–Trinajstić information content (AvgIpc) is 3.59. The van der Waals surface area contributed by atoms with Crippen molar-refractivity contribution in [2.45, 2.75) is 57.4 Å². The van der Waals surface area contributed by atoms with Gasteiger partial charge < -0.3 is 14.7 Å². The molecule has 2 aliphatic rings. The molecule has 1 saturated carbocycles. The van der Waals surface area contributed by atoms with Crippen LogP contribution in [0.3, 0.4) is 0 Å². The van der Waals surface area contributed by atoms with Gasteiger partial charge in [-0.05, 0) is 44.6 Å². The van der Waals surface area contributed by atoms with E-state index >= 15 is 0 Å². The van der Waals surface area contributed by atoms with Crippen molar-refractivity contribution in [2.24, 2.45) is 0 Å². The van der Waals surface area contributed by atoms with Crippen molar-refractivity contribution in [3.8, 4) is 11.3 Å². The lowest BCUT2D eigenvalue weighted by Gasteiger charge is -2.32. The molecule has 166 valence electrons. The summed E-state index contributed by atoms with van der Waals surface area (Å²) in [5, 5.41) is 7.22. The minimum Gasteiger partial charge on any atom is -0.356 e. The van der Waals surface area contributed by atoms with E-state index in [0.717, 1.165) is 73.9 Å². The lowest BCUT2D eigenvalue weighted by atomic mass is 10.0. The first-order valence-electron chi connectivity index (χ1n) is 11.5. The number of carbonyl (C=O) groups excluding carboxylic acids is 1. The summed E-state index contributed by atoms with van der Waals surface area (Å²) in [6.07, 6.45) is 7.32. The maximum absolute atomic E-state index is 12.4. The highest BCUT2D eigenvalue weighted by atomic mass is 16.5. The van der Waals surface area contributed by atoms with E-state index in [0.29, 0.717) is 12.3 Å². The number of anilines is 1. The van der Waals surface area contributed by atoms with Gasteiger partial charge in [0.15, 0.2) is 5.76 Å². The zero-order valence-electron chi connectivity index (χ0n) is 18.5. The standard InChI is InChI=1S/C25H29N5O2/c1-17-15-22(32-29-17)21-16-26-25(28-24(21)19-8-9-19)30-13-11-20(12-14-30)27-23(31)10-7-18-5-3-2-4-6-18/h2-6,15-16,19-20H,7-14H2,1H3,(H,27,31). The van der Waals surface area contributed by atoms with E-state index in [9.17, 15) is 4.79 Å². The van der Waals surface area contributed by atoms with Crippen molar-refractivity contribution in [3.63, 3.8) is 0 Å². The van der Waals surface area contributed by atoms with E-state index in [1.807, 2.05) is 37.4 Å². The number of nitrogens with one attached hydrogen (secondary N) is 1.